The maximum Gasteiger partial charge on any atom is 0.127 e. The van der Waals surface area contributed by atoms with Crippen LogP contribution in [0.2, 0.25) is 0 Å². The summed E-state index contributed by atoms with van der Waals surface area (Å²) in [5, 5.41) is 3.12. The van der Waals surface area contributed by atoms with Crippen LogP contribution in [0.1, 0.15) is 50.2 Å². The summed E-state index contributed by atoms with van der Waals surface area (Å²) in [7, 11) is 4.06. The third-order valence-corrected chi connectivity index (χ3v) is 4.93. The van der Waals surface area contributed by atoms with Crippen LogP contribution in [0.25, 0.3) is 0 Å². The van der Waals surface area contributed by atoms with E-state index in [1.165, 1.54) is 32.1 Å². The van der Waals surface area contributed by atoms with Gasteiger partial charge in [0.25, 0.3) is 0 Å². The Hall–Kier alpha value is -0.930. The van der Waals surface area contributed by atoms with Crippen LogP contribution in [0, 0.1) is 11.7 Å². The zero-order chi connectivity index (χ0) is 15.2. The highest BCUT2D eigenvalue weighted by molar-refractivity contribution is 5.25. The third kappa shape index (κ3) is 4.52. The molecule has 21 heavy (non-hydrogen) atoms. The number of halogens is 1. The largest absolute Gasteiger partial charge is 0.316 e. The van der Waals surface area contributed by atoms with E-state index in [0.29, 0.717) is 12.6 Å². The lowest BCUT2D eigenvalue weighted by atomic mass is 9.84. The Morgan fingerprint density at radius 2 is 1.95 bits per heavy atom. The van der Waals surface area contributed by atoms with Crippen molar-refractivity contribution in [2.75, 3.05) is 14.1 Å². The molecule has 1 aromatic carbocycles. The van der Waals surface area contributed by atoms with Crippen molar-refractivity contribution < 1.29 is 4.39 Å². The van der Waals surface area contributed by atoms with Crippen molar-refractivity contribution in [1.82, 2.24) is 10.2 Å². The summed E-state index contributed by atoms with van der Waals surface area (Å²) in [6.07, 6.45) is 6.47. The third-order valence-electron chi connectivity index (χ3n) is 4.93. The molecule has 1 aliphatic carbocycles. The van der Waals surface area contributed by atoms with Crippen LogP contribution in [0.4, 0.5) is 4.39 Å². The fourth-order valence-electron chi connectivity index (χ4n) is 3.46. The van der Waals surface area contributed by atoms with Crippen molar-refractivity contribution in [2.24, 2.45) is 5.92 Å². The lowest BCUT2D eigenvalue weighted by Crippen LogP contribution is -2.34. The van der Waals surface area contributed by atoms with E-state index in [4.69, 9.17) is 0 Å². The van der Waals surface area contributed by atoms with E-state index in [2.05, 4.69) is 24.2 Å². The highest BCUT2D eigenvalue weighted by Crippen LogP contribution is 2.29. The summed E-state index contributed by atoms with van der Waals surface area (Å²) < 4.78 is 14.0. The molecule has 0 aromatic heterocycles. The number of hydrogen-bond donors (Lipinski definition) is 1. The number of nitrogens with zero attached hydrogens (tertiary/aromatic N) is 1. The van der Waals surface area contributed by atoms with Crippen LogP contribution in [0.5, 0.6) is 0 Å². The molecule has 1 aromatic rings. The average Bonchev–Trinajstić information content (AvgIpc) is 2.51. The lowest BCUT2D eigenvalue weighted by Gasteiger charge is -2.34. The molecule has 1 fully saturated rings. The summed E-state index contributed by atoms with van der Waals surface area (Å²) in [5.41, 5.74) is 1.97. The van der Waals surface area contributed by atoms with Crippen LogP contribution < -0.4 is 5.32 Å². The van der Waals surface area contributed by atoms with Crippen molar-refractivity contribution in [2.45, 2.75) is 58.2 Å². The Balaban J connectivity index is 1.96. The molecule has 0 aliphatic heterocycles. The molecule has 1 N–H and O–H groups in total. The summed E-state index contributed by atoms with van der Waals surface area (Å²) in [4.78, 5) is 2.34. The first kappa shape index (κ1) is 16.4. The summed E-state index contributed by atoms with van der Waals surface area (Å²) in [6.45, 7) is 3.79. The molecule has 0 saturated heterocycles. The second-order valence-electron chi connectivity index (χ2n) is 6.45. The molecule has 0 amide bonds. The molecule has 0 spiro atoms. The molecule has 3 heteroatoms. The highest BCUT2D eigenvalue weighted by Gasteiger charge is 2.23. The molecule has 118 valence electrons. The molecular formula is C18H29FN2. The van der Waals surface area contributed by atoms with E-state index in [-0.39, 0.29) is 5.82 Å². The number of rotatable bonds is 6. The van der Waals surface area contributed by atoms with Crippen LogP contribution in [-0.2, 0) is 13.1 Å². The van der Waals surface area contributed by atoms with Gasteiger partial charge in [0.05, 0.1) is 0 Å². The Labute approximate surface area is 128 Å². The number of benzene rings is 1. The number of hydrogen-bond acceptors (Lipinski definition) is 2. The summed E-state index contributed by atoms with van der Waals surface area (Å²) in [6, 6.07) is 6.08. The minimum atomic E-state index is -0.0797. The zero-order valence-corrected chi connectivity index (χ0v) is 13.7. The fraction of sp³-hybridized carbons (Fsp3) is 0.667. The molecule has 0 heterocycles. The van der Waals surface area contributed by atoms with Crippen LogP contribution >= 0.6 is 0 Å². The average molecular weight is 292 g/mol. The van der Waals surface area contributed by atoms with Gasteiger partial charge in [-0.1, -0.05) is 25.5 Å². The summed E-state index contributed by atoms with van der Waals surface area (Å²) in [5.74, 6) is 0.828. The second kappa shape index (κ2) is 7.90. The van der Waals surface area contributed by atoms with E-state index in [1.54, 1.807) is 6.07 Å². The minimum absolute atomic E-state index is 0.0797. The Kier molecular flexibility index (Phi) is 6.19. The van der Waals surface area contributed by atoms with Gasteiger partial charge in [-0.25, -0.2) is 4.39 Å². The van der Waals surface area contributed by atoms with Gasteiger partial charge < -0.3 is 5.32 Å². The van der Waals surface area contributed by atoms with E-state index in [1.807, 2.05) is 19.2 Å². The topological polar surface area (TPSA) is 15.3 Å². The Bertz CT molecular complexity index is 439. The van der Waals surface area contributed by atoms with Crippen molar-refractivity contribution >= 4 is 0 Å². The number of nitrogens with one attached hydrogen (secondary N) is 1. The normalized spacial score (nSPS) is 22.7. The maximum atomic E-state index is 14.0. The molecular weight excluding hydrogens is 263 g/mol. The van der Waals surface area contributed by atoms with Gasteiger partial charge in [0.1, 0.15) is 5.82 Å². The van der Waals surface area contributed by atoms with Crippen molar-refractivity contribution in [3.8, 4) is 0 Å². The van der Waals surface area contributed by atoms with Crippen LogP contribution in [0.3, 0.4) is 0 Å². The smallest absolute Gasteiger partial charge is 0.127 e. The molecule has 0 bridgehead atoms. The molecule has 0 radical (unpaired) electrons. The quantitative estimate of drug-likeness (QED) is 0.854. The predicted octanol–water partition coefficient (Wildman–Crippen LogP) is 3.95. The first-order valence-electron chi connectivity index (χ1n) is 8.26. The van der Waals surface area contributed by atoms with Crippen LogP contribution in [-0.4, -0.2) is 25.0 Å². The van der Waals surface area contributed by atoms with Gasteiger partial charge in [-0.15, -0.1) is 0 Å². The van der Waals surface area contributed by atoms with Crippen molar-refractivity contribution in [1.29, 1.82) is 0 Å². The molecule has 1 aliphatic rings. The SMILES string of the molecule is CCC1CCC(N(C)Cc2cc(CNC)ccc2F)CC1. The minimum Gasteiger partial charge on any atom is -0.316 e. The Morgan fingerprint density at radius 3 is 2.57 bits per heavy atom. The highest BCUT2D eigenvalue weighted by atomic mass is 19.1. The monoisotopic (exact) mass is 292 g/mol. The van der Waals surface area contributed by atoms with Crippen LogP contribution in [0.15, 0.2) is 18.2 Å². The van der Waals surface area contributed by atoms with Gasteiger partial charge >= 0.3 is 0 Å². The Morgan fingerprint density at radius 1 is 1.24 bits per heavy atom. The van der Waals surface area contributed by atoms with Gasteiger partial charge in [0.15, 0.2) is 0 Å². The first-order valence-corrected chi connectivity index (χ1v) is 8.26. The van der Waals surface area contributed by atoms with E-state index < -0.39 is 0 Å². The first-order chi connectivity index (χ1) is 10.1. The lowest BCUT2D eigenvalue weighted by molar-refractivity contribution is 0.156. The van der Waals surface area contributed by atoms with Gasteiger partial charge in [-0.2, -0.15) is 0 Å². The standard InChI is InChI=1S/C18H29FN2/c1-4-14-5-8-17(9-6-14)21(3)13-16-11-15(12-20-2)7-10-18(16)19/h7,10-11,14,17,20H,4-6,8-9,12-13H2,1-3H3. The van der Waals surface area contributed by atoms with Gasteiger partial charge in [0, 0.05) is 24.7 Å². The van der Waals surface area contributed by atoms with Gasteiger partial charge in [-0.3, -0.25) is 4.90 Å². The van der Waals surface area contributed by atoms with E-state index >= 15 is 0 Å². The van der Waals surface area contributed by atoms with Crippen molar-refractivity contribution in [3.63, 3.8) is 0 Å². The summed E-state index contributed by atoms with van der Waals surface area (Å²) >= 11 is 0. The molecule has 2 nitrogen and oxygen atoms in total. The maximum absolute atomic E-state index is 14.0. The zero-order valence-electron chi connectivity index (χ0n) is 13.7. The molecule has 1 saturated carbocycles. The van der Waals surface area contributed by atoms with Gasteiger partial charge in [0.2, 0.25) is 0 Å². The molecule has 0 atom stereocenters. The fourth-order valence-corrected chi connectivity index (χ4v) is 3.46. The molecule has 2 rings (SSSR count). The molecule has 0 unspecified atom stereocenters. The van der Waals surface area contributed by atoms with E-state index in [9.17, 15) is 4.39 Å². The predicted molar refractivity (Wildman–Crippen MR) is 86.7 cm³/mol. The second-order valence-corrected chi connectivity index (χ2v) is 6.45. The van der Waals surface area contributed by atoms with Crippen molar-refractivity contribution in [3.05, 3.63) is 35.1 Å². The van der Waals surface area contributed by atoms with E-state index in [0.717, 1.165) is 23.6 Å². The van der Waals surface area contributed by atoms with Gasteiger partial charge in [-0.05, 0) is 57.3 Å².